The zero-order chi connectivity index (χ0) is 47.3. The quantitative estimate of drug-likeness (QED) is 0.130. The van der Waals surface area contributed by atoms with Crippen LogP contribution >= 0.6 is 0 Å². The molecule has 0 heterocycles. The van der Waals surface area contributed by atoms with E-state index >= 15 is 0 Å². The van der Waals surface area contributed by atoms with E-state index < -0.39 is 0 Å². The molecule has 71 heavy (non-hydrogen) atoms. The zero-order valence-corrected chi connectivity index (χ0v) is 39.5. The second kappa shape index (κ2) is 17.5. The Morgan fingerprint density at radius 2 is 0.732 bits per heavy atom. The van der Waals surface area contributed by atoms with Gasteiger partial charge in [0.15, 0.2) is 0 Å². The number of para-hydroxylation sites is 1. The van der Waals surface area contributed by atoms with Gasteiger partial charge < -0.3 is 4.90 Å². The Morgan fingerprint density at radius 1 is 0.282 bits per heavy atom. The van der Waals surface area contributed by atoms with Crippen LogP contribution in [0.4, 0.5) is 17.1 Å². The number of benzene rings is 12. The molecule has 0 amide bonds. The lowest BCUT2D eigenvalue weighted by molar-refractivity contribution is 0.714. The van der Waals surface area contributed by atoms with Gasteiger partial charge in [-0.15, -0.1) is 0 Å². The minimum absolute atomic E-state index is 0.373. The Balaban J connectivity index is 1.10. The highest BCUT2D eigenvalue weighted by Crippen LogP contribution is 2.58. The molecule has 0 aliphatic heterocycles. The number of hydrogen-bond donors (Lipinski definition) is 0. The van der Waals surface area contributed by atoms with Crippen molar-refractivity contribution in [2.75, 3.05) is 4.90 Å². The summed E-state index contributed by atoms with van der Waals surface area (Å²) < 4.78 is 0. The van der Waals surface area contributed by atoms with Gasteiger partial charge in [0.2, 0.25) is 0 Å². The Kier molecular flexibility index (Phi) is 10.4. The Morgan fingerprint density at radius 3 is 1.38 bits per heavy atom. The van der Waals surface area contributed by atoms with E-state index in [4.69, 9.17) is 0 Å². The van der Waals surface area contributed by atoms with E-state index in [1.54, 1.807) is 0 Å². The lowest BCUT2D eigenvalue weighted by Crippen LogP contribution is -2.22. The summed E-state index contributed by atoms with van der Waals surface area (Å²) in [5.41, 5.74) is 21.2. The van der Waals surface area contributed by atoms with Crippen molar-refractivity contribution in [1.29, 1.82) is 0 Å². The number of nitrogens with zero attached hydrogens (tertiary/aromatic N) is 1. The van der Waals surface area contributed by atoms with E-state index in [1.807, 2.05) is 0 Å². The first-order chi connectivity index (χ1) is 35.1. The molecule has 1 nitrogen and oxygen atoms in total. The number of hydrogen-bond acceptors (Lipinski definition) is 1. The molecule has 0 saturated carbocycles. The van der Waals surface area contributed by atoms with Gasteiger partial charge in [0, 0.05) is 27.8 Å². The molecule has 1 unspecified atom stereocenters. The van der Waals surface area contributed by atoms with Crippen LogP contribution < -0.4 is 4.90 Å². The van der Waals surface area contributed by atoms with Gasteiger partial charge in [-0.2, -0.15) is 0 Å². The fraction of sp³-hybridized carbons (Fsp3) is 0.0286. The maximum absolute atomic E-state index is 2.57. The first kappa shape index (κ1) is 42.1. The summed E-state index contributed by atoms with van der Waals surface area (Å²) >= 11 is 0. The van der Waals surface area contributed by atoms with Crippen LogP contribution in [-0.4, -0.2) is 0 Å². The number of anilines is 3. The molecule has 1 heteroatoms. The Labute approximate surface area is 416 Å². The van der Waals surface area contributed by atoms with Gasteiger partial charge in [-0.3, -0.25) is 0 Å². The van der Waals surface area contributed by atoms with Crippen molar-refractivity contribution in [2.24, 2.45) is 0 Å². The van der Waals surface area contributed by atoms with Gasteiger partial charge >= 0.3 is 0 Å². The summed E-state index contributed by atoms with van der Waals surface area (Å²) in [5, 5.41) is 4.97. The first-order valence-electron chi connectivity index (χ1n) is 24.7. The molecule has 12 aromatic rings. The maximum atomic E-state index is 2.57. The third kappa shape index (κ3) is 7.00. The molecule has 0 aromatic heterocycles. The molecule has 12 aromatic carbocycles. The van der Waals surface area contributed by atoms with Crippen LogP contribution in [0.1, 0.15) is 23.6 Å². The number of fused-ring (bicyclic) bond motifs is 6. The van der Waals surface area contributed by atoms with Crippen LogP contribution in [0.3, 0.4) is 0 Å². The highest BCUT2D eigenvalue weighted by atomic mass is 15.2. The van der Waals surface area contributed by atoms with E-state index in [2.05, 4.69) is 291 Å². The van der Waals surface area contributed by atoms with E-state index in [0.29, 0.717) is 0 Å². The molecule has 0 N–H and O–H groups in total. The highest BCUT2D eigenvalue weighted by molar-refractivity contribution is 6.22. The Hall–Kier alpha value is -9.04. The molecule has 0 saturated heterocycles. The summed E-state index contributed by atoms with van der Waals surface area (Å²) in [5.74, 6) is 0. The van der Waals surface area contributed by atoms with Gasteiger partial charge in [0.05, 0.1) is 11.4 Å². The van der Waals surface area contributed by atoms with E-state index in [1.165, 1.54) is 71.6 Å². The fourth-order valence-electron chi connectivity index (χ4n) is 11.7. The topological polar surface area (TPSA) is 3.24 Å². The van der Waals surface area contributed by atoms with E-state index in [0.717, 1.165) is 50.4 Å². The maximum Gasteiger partial charge on any atom is 0.0618 e. The second-order valence-electron chi connectivity index (χ2n) is 18.8. The smallest absolute Gasteiger partial charge is 0.0618 e. The molecule has 1 atom stereocenters. The minimum Gasteiger partial charge on any atom is -0.309 e. The molecule has 1 aliphatic rings. The Bertz CT molecular complexity index is 3860. The summed E-state index contributed by atoms with van der Waals surface area (Å²) in [6.45, 7) is 2.41. The van der Waals surface area contributed by atoms with Crippen molar-refractivity contribution in [3.63, 3.8) is 0 Å². The van der Waals surface area contributed by atoms with Crippen molar-refractivity contribution in [3.8, 4) is 66.8 Å². The predicted octanol–water partition coefficient (Wildman–Crippen LogP) is 19.1. The molecule has 0 radical (unpaired) electrons. The minimum atomic E-state index is -0.373. The van der Waals surface area contributed by atoms with Crippen molar-refractivity contribution in [2.45, 2.75) is 12.3 Å². The van der Waals surface area contributed by atoms with E-state index in [-0.39, 0.29) is 5.41 Å². The second-order valence-corrected chi connectivity index (χ2v) is 18.8. The van der Waals surface area contributed by atoms with Crippen molar-refractivity contribution in [3.05, 3.63) is 296 Å². The molecular formula is C70H49N. The summed E-state index contributed by atoms with van der Waals surface area (Å²) in [4.78, 5) is 2.57. The summed E-state index contributed by atoms with van der Waals surface area (Å²) in [7, 11) is 0. The molecule has 0 bridgehead atoms. The van der Waals surface area contributed by atoms with Gasteiger partial charge in [-0.1, -0.05) is 255 Å². The van der Waals surface area contributed by atoms with Crippen LogP contribution in [0.25, 0.3) is 88.3 Å². The van der Waals surface area contributed by atoms with E-state index in [9.17, 15) is 0 Å². The van der Waals surface area contributed by atoms with Crippen molar-refractivity contribution < 1.29 is 0 Å². The van der Waals surface area contributed by atoms with Crippen LogP contribution in [0.15, 0.2) is 279 Å². The standard InChI is InChI=1S/C70H49N/c1-70(54-33-15-6-16-34-54)63-41-20-19-38-61(63)68-64(70)42-23-43-65(68)71(69-56(48-24-7-2-8-25-48)39-22-40-57(69)49-26-9-3-10-27-49)55-35-21-32-52(46-55)53-44-45-59-58-36-17-18-37-60(58)66(50-28-11-4-12-29-50)67(62(59)47-53)51-30-13-5-14-31-51/h2-47H,1H3. The normalized spacial score (nSPS) is 13.8. The van der Waals surface area contributed by atoms with Crippen LogP contribution in [-0.2, 0) is 5.41 Å². The lowest BCUT2D eigenvalue weighted by atomic mass is 9.74. The summed E-state index contributed by atoms with van der Waals surface area (Å²) in [6.07, 6.45) is 0. The summed E-state index contributed by atoms with van der Waals surface area (Å²) in [6, 6.07) is 103. The molecule has 0 fully saturated rings. The van der Waals surface area contributed by atoms with Crippen molar-refractivity contribution >= 4 is 38.6 Å². The molecule has 0 spiro atoms. The van der Waals surface area contributed by atoms with Crippen LogP contribution in [0, 0.1) is 0 Å². The lowest BCUT2D eigenvalue weighted by Gasteiger charge is -2.33. The molecule has 334 valence electrons. The van der Waals surface area contributed by atoms with Crippen LogP contribution in [0.2, 0.25) is 0 Å². The average molecular weight is 904 g/mol. The van der Waals surface area contributed by atoms with Crippen molar-refractivity contribution in [1.82, 2.24) is 0 Å². The molecular weight excluding hydrogens is 855 g/mol. The van der Waals surface area contributed by atoms with Gasteiger partial charge in [0.1, 0.15) is 0 Å². The van der Waals surface area contributed by atoms with Crippen LogP contribution in [0.5, 0.6) is 0 Å². The third-order valence-corrected chi connectivity index (χ3v) is 14.9. The fourth-order valence-corrected chi connectivity index (χ4v) is 11.7. The van der Waals surface area contributed by atoms with Gasteiger partial charge in [-0.05, 0) is 119 Å². The zero-order valence-electron chi connectivity index (χ0n) is 39.5. The number of rotatable bonds is 9. The SMILES string of the molecule is CC1(c2ccccc2)c2ccccc2-c2c(N(c3cccc(-c4ccc5c(c4)c(-c4ccccc4)c(-c4ccccc4)c4ccccc45)c3)c3c(-c4ccccc4)cccc3-c3ccccc3)cccc21. The van der Waals surface area contributed by atoms with Gasteiger partial charge in [-0.25, -0.2) is 0 Å². The molecule has 13 rings (SSSR count). The average Bonchev–Trinajstić information content (AvgIpc) is 3.72. The first-order valence-corrected chi connectivity index (χ1v) is 24.7. The molecule has 1 aliphatic carbocycles. The predicted molar refractivity (Wildman–Crippen MR) is 301 cm³/mol. The largest absolute Gasteiger partial charge is 0.309 e. The highest BCUT2D eigenvalue weighted by Gasteiger charge is 2.42. The monoisotopic (exact) mass is 903 g/mol. The third-order valence-electron chi connectivity index (χ3n) is 14.9. The van der Waals surface area contributed by atoms with Gasteiger partial charge in [0.25, 0.3) is 0 Å².